The first-order valence-electron chi connectivity index (χ1n) is 8.81. The molecule has 0 unspecified atom stereocenters. The van der Waals surface area contributed by atoms with Gasteiger partial charge in [-0.25, -0.2) is 14.5 Å². The van der Waals surface area contributed by atoms with Crippen molar-refractivity contribution in [2.45, 2.75) is 18.8 Å². The summed E-state index contributed by atoms with van der Waals surface area (Å²) in [4.78, 5) is 26.7. The van der Waals surface area contributed by atoms with Crippen molar-refractivity contribution in [1.29, 1.82) is 0 Å². The Kier molecular flexibility index (Phi) is 3.44. The highest BCUT2D eigenvalue weighted by Crippen LogP contribution is 2.32. The molecule has 1 N–H and O–H groups in total. The number of carbonyl (C=O) groups excluding carboxylic acids is 1. The number of carbonyl (C=O) groups is 1. The molecule has 1 aliphatic heterocycles. The van der Waals surface area contributed by atoms with Gasteiger partial charge in [0.2, 0.25) is 0 Å². The van der Waals surface area contributed by atoms with E-state index >= 15 is 0 Å². The lowest BCUT2D eigenvalue weighted by Gasteiger charge is -2.31. The number of amides is 1. The smallest absolute Gasteiger partial charge is 0.274 e. The number of aromatic nitrogens is 5. The zero-order valence-electron chi connectivity index (χ0n) is 14.2. The van der Waals surface area contributed by atoms with Gasteiger partial charge in [-0.1, -0.05) is 0 Å². The molecular formula is C19H18N6O. The van der Waals surface area contributed by atoms with Crippen molar-refractivity contribution < 1.29 is 4.79 Å². The third-order valence-corrected chi connectivity index (χ3v) is 5.16. The van der Waals surface area contributed by atoms with Crippen LogP contribution in [0.1, 0.15) is 34.8 Å². The second-order valence-electron chi connectivity index (χ2n) is 6.66. The summed E-state index contributed by atoms with van der Waals surface area (Å²) in [7, 11) is 0. The SMILES string of the molecule is O=C(c1cn2ncccc2n1)N1CCC(c2c[nH]c3ncccc23)CC1. The Morgan fingerprint density at radius 2 is 2.00 bits per heavy atom. The highest BCUT2D eigenvalue weighted by atomic mass is 16.2. The van der Waals surface area contributed by atoms with Crippen LogP contribution in [0.5, 0.6) is 0 Å². The van der Waals surface area contributed by atoms with Gasteiger partial charge in [0.05, 0.1) is 6.20 Å². The van der Waals surface area contributed by atoms with Gasteiger partial charge in [-0.3, -0.25) is 4.79 Å². The summed E-state index contributed by atoms with van der Waals surface area (Å²) in [5.41, 5.74) is 3.38. The summed E-state index contributed by atoms with van der Waals surface area (Å²) in [6, 6.07) is 7.74. The van der Waals surface area contributed by atoms with Gasteiger partial charge in [-0.15, -0.1) is 0 Å². The van der Waals surface area contributed by atoms with Crippen LogP contribution in [-0.4, -0.2) is 48.5 Å². The maximum absolute atomic E-state index is 12.8. The summed E-state index contributed by atoms with van der Waals surface area (Å²) >= 11 is 0. The zero-order chi connectivity index (χ0) is 17.5. The van der Waals surface area contributed by atoms with Gasteiger partial charge in [0.15, 0.2) is 5.65 Å². The fourth-order valence-electron chi connectivity index (χ4n) is 3.80. The van der Waals surface area contributed by atoms with Gasteiger partial charge in [-0.05, 0) is 48.6 Å². The van der Waals surface area contributed by atoms with E-state index < -0.39 is 0 Å². The zero-order valence-corrected chi connectivity index (χ0v) is 14.2. The van der Waals surface area contributed by atoms with Crippen LogP contribution in [0.15, 0.2) is 49.1 Å². The first-order chi connectivity index (χ1) is 12.8. The maximum atomic E-state index is 12.8. The number of fused-ring (bicyclic) bond motifs is 2. The highest BCUT2D eigenvalue weighted by Gasteiger charge is 2.27. The number of H-pyrrole nitrogens is 1. The van der Waals surface area contributed by atoms with Crippen molar-refractivity contribution >= 4 is 22.6 Å². The average Bonchev–Trinajstić information content (AvgIpc) is 3.32. The second-order valence-corrected chi connectivity index (χ2v) is 6.66. The van der Waals surface area contributed by atoms with E-state index in [0.29, 0.717) is 17.3 Å². The maximum Gasteiger partial charge on any atom is 0.274 e. The van der Waals surface area contributed by atoms with Crippen LogP contribution in [0.2, 0.25) is 0 Å². The molecule has 0 saturated carbocycles. The lowest BCUT2D eigenvalue weighted by atomic mass is 9.89. The Hall–Kier alpha value is -3.22. The van der Waals surface area contributed by atoms with E-state index in [1.54, 1.807) is 23.1 Å². The number of piperidine rings is 1. The third kappa shape index (κ3) is 2.44. The first kappa shape index (κ1) is 15.1. The molecule has 7 nitrogen and oxygen atoms in total. The van der Waals surface area contributed by atoms with E-state index in [4.69, 9.17) is 0 Å². The monoisotopic (exact) mass is 346 g/mol. The van der Waals surface area contributed by atoms with E-state index in [2.05, 4.69) is 32.3 Å². The number of nitrogens with zero attached hydrogens (tertiary/aromatic N) is 5. The molecule has 0 aromatic carbocycles. The summed E-state index contributed by atoms with van der Waals surface area (Å²) in [6.07, 6.45) is 9.14. The lowest BCUT2D eigenvalue weighted by molar-refractivity contribution is 0.0708. The van der Waals surface area contributed by atoms with E-state index in [9.17, 15) is 4.79 Å². The van der Waals surface area contributed by atoms with E-state index in [1.165, 1.54) is 10.9 Å². The number of rotatable bonds is 2. The van der Waals surface area contributed by atoms with Crippen molar-refractivity contribution in [3.63, 3.8) is 0 Å². The normalized spacial score (nSPS) is 15.8. The minimum absolute atomic E-state index is 0.0189. The number of likely N-dealkylation sites (tertiary alicyclic amines) is 1. The van der Waals surface area contributed by atoms with Crippen molar-refractivity contribution in [3.8, 4) is 0 Å². The number of nitrogens with one attached hydrogen (secondary N) is 1. The van der Waals surface area contributed by atoms with Crippen LogP contribution in [-0.2, 0) is 0 Å². The molecule has 1 saturated heterocycles. The van der Waals surface area contributed by atoms with Gasteiger partial charge in [-0.2, -0.15) is 5.10 Å². The van der Waals surface area contributed by atoms with Gasteiger partial charge >= 0.3 is 0 Å². The Bertz CT molecular complexity index is 1060. The molecule has 130 valence electrons. The molecule has 26 heavy (non-hydrogen) atoms. The number of imidazole rings is 1. The minimum Gasteiger partial charge on any atom is -0.346 e. The Morgan fingerprint density at radius 3 is 2.85 bits per heavy atom. The molecule has 7 heteroatoms. The molecule has 0 spiro atoms. The van der Waals surface area contributed by atoms with Crippen molar-refractivity contribution in [1.82, 2.24) is 29.5 Å². The number of hydrogen-bond acceptors (Lipinski definition) is 4. The fraction of sp³-hybridized carbons (Fsp3) is 0.263. The summed E-state index contributed by atoms with van der Waals surface area (Å²) in [5, 5.41) is 5.36. The molecule has 1 amide bonds. The van der Waals surface area contributed by atoms with Crippen LogP contribution < -0.4 is 0 Å². The summed E-state index contributed by atoms with van der Waals surface area (Å²) in [6.45, 7) is 1.47. The van der Waals surface area contributed by atoms with Crippen LogP contribution in [0.3, 0.4) is 0 Å². The van der Waals surface area contributed by atoms with Gasteiger partial charge in [0.25, 0.3) is 5.91 Å². The van der Waals surface area contributed by atoms with Crippen molar-refractivity contribution in [3.05, 3.63) is 60.3 Å². The Balaban J connectivity index is 1.33. The van der Waals surface area contributed by atoms with E-state index in [-0.39, 0.29) is 5.91 Å². The van der Waals surface area contributed by atoms with Crippen LogP contribution in [0.25, 0.3) is 16.7 Å². The lowest BCUT2D eigenvalue weighted by Crippen LogP contribution is -2.38. The van der Waals surface area contributed by atoms with Gasteiger partial charge in [0, 0.05) is 37.1 Å². The molecular weight excluding hydrogens is 328 g/mol. The number of pyridine rings is 1. The van der Waals surface area contributed by atoms with Crippen LogP contribution in [0, 0.1) is 0 Å². The summed E-state index contributed by atoms with van der Waals surface area (Å²) in [5.74, 6) is 0.425. The second kappa shape index (κ2) is 5.94. The minimum atomic E-state index is -0.0189. The van der Waals surface area contributed by atoms with Crippen molar-refractivity contribution in [2.75, 3.05) is 13.1 Å². The fourth-order valence-corrected chi connectivity index (χ4v) is 3.80. The quantitative estimate of drug-likeness (QED) is 0.605. The predicted molar refractivity (Wildman–Crippen MR) is 97.0 cm³/mol. The average molecular weight is 346 g/mol. The largest absolute Gasteiger partial charge is 0.346 e. The van der Waals surface area contributed by atoms with Crippen LogP contribution in [0.4, 0.5) is 0 Å². The number of hydrogen-bond donors (Lipinski definition) is 1. The molecule has 5 heterocycles. The molecule has 1 aliphatic rings. The molecule has 4 aromatic rings. The van der Waals surface area contributed by atoms with Gasteiger partial charge in [0.1, 0.15) is 11.3 Å². The molecule has 0 aliphatic carbocycles. The Labute approximate surface area is 149 Å². The van der Waals surface area contributed by atoms with E-state index in [1.807, 2.05) is 23.1 Å². The van der Waals surface area contributed by atoms with E-state index in [0.717, 1.165) is 31.6 Å². The molecule has 4 aromatic heterocycles. The number of aromatic amines is 1. The molecule has 0 bridgehead atoms. The first-order valence-corrected chi connectivity index (χ1v) is 8.81. The standard InChI is InChI=1S/C19H18N6O/c26-19(16-12-25-17(23-16)4-2-8-22-25)24-9-5-13(6-10-24)15-11-21-18-14(15)3-1-7-20-18/h1-4,7-8,11-13H,5-6,9-10H2,(H,20,21). The topological polar surface area (TPSA) is 79.2 Å². The molecule has 1 fully saturated rings. The van der Waals surface area contributed by atoms with Crippen LogP contribution >= 0.6 is 0 Å². The third-order valence-electron chi connectivity index (χ3n) is 5.16. The molecule has 0 radical (unpaired) electrons. The molecule has 5 rings (SSSR count). The Morgan fingerprint density at radius 1 is 1.15 bits per heavy atom. The van der Waals surface area contributed by atoms with Gasteiger partial charge < -0.3 is 9.88 Å². The molecule has 0 atom stereocenters. The van der Waals surface area contributed by atoms with Crippen molar-refractivity contribution in [2.24, 2.45) is 0 Å². The highest BCUT2D eigenvalue weighted by molar-refractivity contribution is 5.93. The summed E-state index contributed by atoms with van der Waals surface area (Å²) < 4.78 is 1.64. The predicted octanol–water partition coefficient (Wildman–Crippen LogP) is 2.63.